The lowest BCUT2D eigenvalue weighted by molar-refractivity contribution is -0.122. The summed E-state index contributed by atoms with van der Waals surface area (Å²) in [6.07, 6.45) is 1.37. The third-order valence-electron chi connectivity index (χ3n) is 4.22. The Hall–Kier alpha value is -1.96. The smallest absolute Gasteiger partial charge is 0.244 e. The van der Waals surface area contributed by atoms with Gasteiger partial charge in [0.2, 0.25) is 15.9 Å². The fourth-order valence-electron chi connectivity index (χ4n) is 2.77. The van der Waals surface area contributed by atoms with Crippen LogP contribution in [-0.2, 0) is 14.8 Å². The molecule has 1 N–H and O–H groups in total. The summed E-state index contributed by atoms with van der Waals surface area (Å²) in [6.45, 7) is 4.09. The van der Waals surface area contributed by atoms with Gasteiger partial charge < -0.3 is 10.1 Å². The van der Waals surface area contributed by atoms with Crippen LogP contribution in [0, 0.1) is 6.92 Å². The first-order chi connectivity index (χ1) is 13.6. The standard InChI is InChI=1S/C20H24Cl2N2O4S/c1-4-19(24(29(3,26)27)16-8-6-15(21)7-9-16)20(25)23-11-12-28-17-10-5-14(2)18(22)13-17/h5-10,13,19H,4,11-12H2,1-3H3,(H,23,25)/t19-/m1/s1. The van der Waals surface area contributed by atoms with Gasteiger partial charge in [-0.15, -0.1) is 0 Å². The normalized spacial score (nSPS) is 12.3. The zero-order valence-corrected chi connectivity index (χ0v) is 18.8. The van der Waals surface area contributed by atoms with E-state index in [2.05, 4.69) is 5.32 Å². The quantitative estimate of drug-likeness (QED) is 0.575. The van der Waals surface area contributed by atoms with Crippen LogP contribution in [0.5, 0.6) is 5.75 Å². The molecule has 6 nitrogen and oxygen atoms in total. The van der Waals surface area contributed by atoms with Crippen molar-refractivity contribution < 1.29 is 17.9 Å². The molecule has 1 atom stereocenters. The summed E-state index contributed by atoms with van der Waals surface area (Å²) in [7, 11) is -3.69. The molecule has 2 rings (SSSR count). The van der Waals surface area contributed by atoms with Gasteiger partial charge in [0.05, 0.1) is 18.5 Å². The van der Waals surface area contributed by atoms with Crippen LogP contribution < -0.4 is 14.4 Å². The van der Waals surface area contributed by atoms with Gasteiger partial charge in [-0.1, -0.05) is 36.2 Å². The van der Waals surface area contributed by atoms with Gasteiger partial charge in [0.25, 0.3) is 0 Å². The number of hydrogen-bond donors (Lipinski definition) is 1. The number of halogens is 2. The molecule has 1 amide bonds. The van der Waals surface area contributed by atoms with Crippen LogP contribution in [0.1, 0.15) is 18.9 Å². The van der Waals surface area contributed by atoms with E-state index in [-0.39, 0.29) is 13.2 Å². The number of sulfonamides is 1. The third-order valence-corrected chi connectivity index (χ3v) is 6.06. The Morgan fingerprint density at radius 3 is 2.38 bits per heavy atom. The van der Waals surface area contributed by atoms with Crippen LogP contribution in [0.15, 0.2) is 42.5 Å². The average molecular weight is 459 g/mol. The lowest BCUT2D eigenvalue weighted by atomic mass is 10.2. The number of aryl methyl sites for hydroxylation is 1. The molecule has 0 saturated carbocycles. The van der Waals surface area contributed by atoms with Gasteiger partial charge in [-0.25, -0.2) is 8.42 Å². The first kappa shape index (κ1) is 23.3. The first-order valence-electron chi connectivity index (χ1n) is 9.05. The molecular formula is C20H24Cl2N2O4S. The number of carbonyl (C=O) groups excluding carboxylic acids is 1. The molecule has 9 heteroatoms. The Morgan fingerprint density at radius 1 is 1.17 bits per heavy atom. The molecule has 29 heavy (non-hydrogen) atoms. The lowest BCUT2D eigenvalue weighted by Gasteiger charge is -2.30. The van der Waals surface area contributed by atoms with Crippen molar-refractivity contribution in [3.63, 3.8) is 0 Å². The van der Waals surface area contributed by atoms with Gasteiger partial charge in [0, 0.05) is 10.0 Å². The molecule has 0 aliphatic heterocycles. The van der Waals surface area contributed by atoms with Crippen LogP contribution in [-0.4, -0.2) is 39.8 Å². The van der Waals surface area contributed by atoms with E-state index >= 15 is 0 Å². The molecule has 0 aromatic heterocycles. The molecule has 0 fully saturated rings. The van der Waals surface area contributed by atoms with E-state index in [1.165, 1.54) is 0 Å². The fraction of sp³-hybridized carbons (Fsp3) is 0.350. The summed E-state index contributed by atoms with van der Waals surface area (Å²) < 4.78 is 31.4. The molecule has 0 bridgehead atoms. The number of rotatable bonds is 9. The molecule has 158 valence electrons. The number of anilines is 1. The molecule has 0 radical (unpaired) electrons. The van der Waals surface area contributed by atoms with Crippen LogP contribution in [0.4, 0.5) is 5.69 Å². The highest BCUT2D eigenvalue weighted by atomic mass is 35.5. The van der Waals surface area contributed by atoms with Crippen molar-refractivity contribution in [3.8, 4) is 5.75 Å². The van der Waals surface area contributed by atoms with Gasteiger partial charge in [-0.3, -0.25) is 9.10 Å². The molecule has 0 aliphatic rings. The van der Waals surface area contributed by atoms with Crippen LogP contribution in [0.3, 0.4) is 0 Å². The van der Waals surface area contributed by atoms with E-state index < -0.39 is 22.0 Å². The summed E-state index contributed by atoms with van der Waals surface area (Å²) in [4.78, 5) is 12.7. The molecule has 2 aromatic rings. The van der Waals surface area contributed by atoms with Crippen molar-refractivity contribution in [3.05, 3.63) is 58.1 Å². The Labute approximate surface area is 181 Å². The number of nitrogens with one attached hydrogen (secondary N) is 1. The Balaban J connectivity index is 2.03. The number of ether oxygens (including phenoxy) is 1. The number of benzene rings is 2. The Bertz CT molecular complexity index is 949. The molecule has 0 unspecified atom stereocenters. The van der Waals surface area contributed by atoms with E-state index in [4.69, 9.17) is 27.9 Å². The average Bonchev–Trinajstić information content (AvgIpc) is 2.66. The summed E-state index contributed by atoms with van der Waals surface area (Å²) >= 11 is 12.0. The second kappa shape index (κ2) is 10.2. The number of hydrogen-bond acceptors (Lipinski definition) is 4. The molecule has 0 aliphatic carbocycles. The predicted molar refractivity (Wildman–Crippen MR) is 118 cm³/mol. The Kier molecular flexibility index (Phi) is 8.19. The van der Waals surface area contributed by atoms with Crippen molar-refractivity contribution in [2.75, 3.05) is 23.7 Å². The van der Waals surface area contributed by atoms with Gasteiger partial charge in [0.1, 0.15) is 18.4 Å². The van der Waals surface area contributed by atoms with E-state index in [0.29, 0.717) is 27.9 Å². The maximum atomic E-state index is 12.7. The monoisotopic (exact) mass is 458 g/mol. The molecule has 2 aromatic carbocycles. The second-order valence-corrected chi connectivity index (χ2v) is 9.21. The second-order valence-electron chi connectivity index (χ2n) is 6.51. The number of amides is 1. The highest BCUT2D eigenvalue weighted by Gasteiger charge is 2.31. The van der Waals surface area contributed by atoms with Gasteiger partial charge in [0.15, 0.2) is 0 Å². The fourth-order valence-corrected chi connectivity index (χ4v) is 4.28. The summed E-state index contributed by atoms with van der Waals surface area (Å²) in [5.74, 6) is 0.194. The molecular weight excluding hydrogens is 435 g/mol. The number of nitrogens with zero attached hydrogens (tertiary/aromatic N) is 1. The van der Waals surface area contributed by atoms with Gasteiger partial charge >= 0.3 is 0 Å². The van der Waals surface area contributed by atoms with Crippen molar-refractivity contribution in [1.29, 1.82) is 0 Å². The summed E-state index contributed by atoms with van der Waals surface area (Å²) in [6, 6.07) is 10.8. The summed E-state index contributed by atoms with van der Waals surface area (Å²) in [5.41, 5.74) is 1.32. The highest BCUT2D eigenvalue weighted by molar-refractivity contribution is 7.92. The minimum absolute atomic E-state index is 0.221. The molecule has 0 saturated heterocycles. The van der Waals surface area contributed by atoms with Gasteiger partial charge in [-0.05, 0) is 55.3 Å². The van der Waals surface area contributed by atoms with Crippen LogP contribution in [0.2, 0.25) is 10.0 Å². The predicted octanol–water partition coefficient (Wildman–Crippen LogP) is 4.04. The van der Waals surface area contributed by atoms with Crippen molar-refractivity contribution in [1.82, 2.24) is 5.32 Å². The summed E-state index contributed by atoms with van der Waals surface area (Å²) in [5, 5.41) is 3.82. The van der Waals surface area contributed by atoms with Gasteiger partial charge in [-0.2, -0.15) is 0 Å². The van der Waals surface area contributed by atoms with E-state index in [1.807, 2.05) is 13.0 Å². The molecule has 0 heterocycles. The van der Waals surface area contributed by atoms with Crippen molar-refractivity contribution in [2.24, 2.45) is 0 Å². The zero-order chi connectivity index (χ0) is 21.6. The topological polar surface area (TPSA) is 75.7 Å². The van der Waals surface area contributed by atoms with Crippen molar-refractivity contribution in [2.45, 2.75) is 26.3 Å². The number of carbonyl (C=O) groups is 1. The zero-order valence-electron chi connectivity index (χ0n) is 16.5. The lowest BCUT2D eigenvalue weighted by Crippen LogP contribution is -2.50. The maximum Gasteiger partial charge on any atom is 0.244 e. The Morgan fingerprint density at radius 2 is 1.83 bits per heavy atom. The van der Waals surface area contributed by atoms with E-state index in [1.54, 1.807) is 43.3 Å². The van der Waals surface area contributed by atoms with Crippen LogP contribution >= 0.6 is 23.2 Å². The maximum absolute atomic E-state index is 12.7. The SMILES string of the molecule is CC[C@H](C(=O)NCCOc1ccc(C)c(Cl)c1)N(c1ccc(Cl)cc1)S(C)(=O)=O. The van der Waals surface area contributed by atoms with E-state index in [0.717, 1.165) is 16.1 Å². The first-order valence-corrected chi connectivity index (χ1v) is 11.7. The highest BCUT2D eigenvalue weighted by Crippen LogP contribution is 2.24. The minimum atomic E-state index is -3.69. The molecule has 0 spiro atoms. The van der Waals surface area contributed by atoms with Crippen LogP contribution in [0.25, 0.3) is 0 Å². The van der Waals surface area contributed by atoms with E-state index in [9.17, 15) is 13.2 Å². The van der Waals surface area contributed by atoms with Crippen molar-refractivity contribution >= 4 is 44.8 Å². The minimum Gasteiger partial charge on any atom is -0.492 e. The third kappa shape index (κ3) is 6.52. The largest absolute Gasteiger partial charge is 0.492 e.